The number of amides is 1. The van der Waals surface area contributed by atoms with Gasteiger partial charge in [0.15, 0.2) is 0 Å². The maximum Gasteiger partial charge on any atom is 0.256 e. The molecule has 1 amide bonds. The van der Waals surface area contributed by atoms with E-state index in [0.29, 0.717) is 22.8 Å². The van der Waals surface area contributed by atoms with Crippen LogP contribution < -0.4 is 11.3 Å². The number of thiophene rings is 1. The van der Waals surface area contributed by atoms with Crippen LogP contribution in [0, 0.1) is 0 Å². The van der Waals surface area contributed by atoms with Crippen LogP contribution in [0.4, 0.5) is 5.69 Å². The molecule has 6 heteroatoms. The summed E-state index contributed by atoms with van der Waals surface area (Å²) >= 11 is 7.78. The number of benzene rings is 1. The quantitative estimate of drug-likeness (QED) is 0.658. The molecule has 0 saturated carbocycles. The Bertz CT molecular complexity index is 685. The van der Waals surface area contributed by atoms with E-state index >= 15 is 0 Å². The number of hydrogen-bond donors (Lipinski definition) is 2. The highest BCUT2D eigenvalue weighted by Gasteiger charge is 2.30. The van der Waals surface area contributed by atoms with Crippen LogP contribution in [0.25, 0.3) is 0 Å². The molecular formula is C15H16ClN3OS. The van der Waals surface area contributed by atoms with Crippen LogP contribution in [0.15, 0.2) is 29.6 Å². The van der Waals surface area contributed by atoms with Crippen molar-refractivity contribution in [3.05, 3.63) is 50.7 Å². The van der Waals surface area contributed by atoms with Gasteiger partial charge in [-0.15, -0.1) is 11.3 Å². The number of carbonyl (C=O) groups excluding carboxylic acids is 1. The zero-order valence-corrected chi connectivity index (χ0v) is 13.2. The number of anilines is 1. The lowest BCUT2D eigenvalue weighted by molar-refractivity contribution is 0.0680. The molecule has 0 bridgehead atoms. The number of nitrogens with two attached hydrogens (primary N) is 1. The van der Waals surface area contributed by atoms with Gasteiger partial charge < -0.3 is 10.3 Å². The number of nitrogens with one attached hydrogen (secondary N) is 1. The fourth-order valence-corrected chi connectivity index (χ4v) is 3.90. The fraction of sp³-hybridized carbons (Fsp3) is 0.267. The van der Waals surface area contributed by atoms with Gasteiger partial charge in [-0.3, -0.25) is 10.6 Å². The lowest BCUT2D eigenvalue weighted by atomic mass is 10.00. The largest absolute Gasteiger partial charge is 0.331 e. The summed E-state index contributed by atoms with van der Waals surface area (Å²) < 4.78 is 0. The minimum absolute atomic E-state index is 0.0465. The third-order valence-corrected chi connectivity index (χ3v) is 5.14. The minimum atomic E-state index is -0.0465. The van der Waals surface area contributed by atoms with Gasteiger partial charge >= 0.3 is 0 Å². The maximum atomic E-state index is 12.8. The predicted molar refractivity (Wildman–Crippen MR) is 86.7 cm³/mol. The average Bonchev–Trinajstić information content (AvgIpc) is 2.96. The van der Waals surface area contributed by atoms with Crippen LogP contribution in [-0.2, 0) is 6.42 Å². The first-order valence-corrected chi connectivity index (χ1v) is 8.01. The summed E-state index contributed by atoms with van der Waals surface area (Å²) in [7, 11) is 0. The molecule has 1 atom stereocenters. The molecule has 0 spiro atoms. The number of carbonyl (C=O) groups is 1. The van der Waals surface area contributed by atoms with E-state index in [1.807, 2.05) is 4.90 Å². The van der Waals surface area contributed by atoms with E-state index in [-0.39, 0.29) is 11.9 Å². The molecule has 0 fully saturated rings. The summed E-state index contributed by atoms with van der Waals surface area (Å²) in [5, 5.41) is 2.61. The van der Waals surface area contributed by atoms with E-state index in [9.17, 15) is 4.79 Å². The highest BCUT2D eigenvalue weighted by Crippen LogP contribution is 2.34. The van der Waals surface area contributed by atoms with Crippen LogP contribution in [-0.4, -0.2) is 17.4 Å². The highest BCUT2D eigenvalue weighted by atomic mass is 35.5. The van der Waals surface area contributed by atoms with Crippen molar-refractivity contribution in [2.75, 3.05) is 12.0 Å². The molecule has 0 aliphatic carbocycles. The molecular weight excluding hydrogens is 306 g/mol. The van der Waals surface area contributed by atoms with Crippen LogP contribution in [0.3, 0.4) is 0 Å². The summed E-state index contributed by atoms with van der Waals surface area (Å²) in [5.41, 5.74) is 4.91. The molecule has 4 nitrogen and oxygen atoms in total. The maximum absolute atomic E-state index is 12.8. The van der Waals surface area contributed by atoms with Gasteiger partial charge in [-0.2, -0.15) is 0 Å². The Morgan fingerprint density at radius 3 is 3.05 bits per heavy atom. The number of rotatable bonds is 2. The summed E-state index contributed by atoms with van der Waals surface area (Å²) in [6.07, 6.45) is 0.898. The summed E-state index contributed by atoms with van der Waals surface area (Å²) in [6.45, 7) is 2.77. The van der Waals surface area contributed by atoms with E-state index in [1.165, 1.54) is 10.4 Å². The zero-order valence-electron chi connectivity index (χ0n) is 11.6. The fourth-order valence-electron chi connectivity index (χ4n) is 2.76. The van der Waals surface area contributed by atoms with Gasteiger partial charge in [-0.25, -0.2) is 0 Å². The van der Waals surface area contributed by atoms with E-state index < -0.39 is 0 Å². The average molecular weight is 322 g/mol. The van der Waals surface area contributed by atoms with Crippen LogP contribution in [0.2, 0.25) is 5.02 Å². The molecule has 0 radical (unpaired) electrons. The van der Waals surface area contributed by atoms with Gasteiger partial charge in [0.1, 0.15) is 0 Å². The van der Waals surface area contributed by atoms with E-state index in [4.69, 9.17) is 17.4 Å². The Labute approximate surface area is 132 Å². The van der Waals surface area contributed by atoms with Crippen LogP contribution in [0.5, 0.6) is 0 Å². The van der Waals surface area contributed by atoms with E-state index in [0.717, 1.165) is 6.42 Å². The summed E-state index contributed by atoms with van der Waals surface area (Å²) in [4.78, 5) is 16.1. The second-order valence-electron chi connectivity index (χ2n) is 5.06. The van der Waals surface area contributed by atoms with Crippen LogP contribution >= 0.6 is 22.9 Å². The van der Waals surface area contributed by atoms with Gasteiger partial charge in [0.05, 0.1) is 17.3 Å². The third-order valence-electron chi connectivity index (χ3n) is 3.91. The lowest BCUT2D eigenvalue weighted by Crippen LogP contribution is -2.38. The van der Waals surface area contributed by atoms with Crippen molar-refractivity contribution in [3.8, 4) is 0 Å². The van der Waals surface area contributed by atoms with Gasteiger partial charge in [-0.05, 0) is 48.6 Å². The van der Waals surface area contributed by atoms with Crippen molar-refractivity contribution >= 4 is 34.5 Å². The van der Waals surface area contributed by atoms with Gasteiger partial charge in [0, 0.05) is 16.4 Å². The molecule has 0 saturated heterocycles. The lowest BCUT2D eigenvalue weighted by Gasteiger charge is -2.34. The number of hydrazine groups is 1. The molecule has 2 heterocycles. The second-order valence-corrected chi connectivity index (χ2v) is 6.49. The van der Waals surface area contributed by atoms with Crippen molar-refractivity contribution in [3.63, 3.8) is 0 Å². The summed E-state index contributed by atoms with van der Waals surface area (Å²) in [6, 6.07) is 7.26. The first kappa shape index (κ1) is 14.4. The monoisotopic (exact) mass is 321 g/mol. The zero-order chi connectivity index (χ0) is 15.0. The smallest absolute Gasteiger partial charge is 0.256 e. The number of fused-ring (bicyclic) bond motifs is 1. The standard InChI is InChI=1S/C15H16ClN3OS/c1-9-11-5-7-21-14(11)4-6-19(9)15(20)12-8-10(16)2-3-13(12)18-17/h2-3,5,7-9,18H,4,6,17H2,1H3. The molecule has 3 N–H and O–H groups in total. The molecule has 3 rings (SSSR count). The highest BCUT2D eigenvalue weighted by molar-refractivity contribution is 7.10. The SMILES string of the molecule is CC1c2ccsc2CCN1C(=O)c1cc(Cl)ccc1NN. The number of nitrogen functional groups attached to an aromatic ring is 1. The number of hydrogen-bond acceptors (Lipinski definition) is 4. The second kappa shape index (κ2) is 5.67. The molecule has 1 aliphatic rings. The van der Waals surface area contributed by atoms with Crippen molar-refractivity contribution in [1.29, 1.82) is 0 Å². The van der Waals surface area contributed by atoms with Crippen molar-refractivity contribution in [2.45, 2.75) is 19.4 Å². The Morgan fingerprint density at radius 1 is 1.48 bits per heavy atom. The molecule has 110 valence electrons. The molecule has 1 unspecified atom stereocenters. The van der Waals surface area contributed by atoms with Crippen molar-refractivity contribution < 1.29 is 4.79 Å². The number of nitrogens with zero attached hydrogens (tertiary/aromatic N) is 1. The van der Waals surface area contributed by atoms with Gasteiger partial charge in [0.25, 0.3) is 5.91 Å². The first-order chi connectivity index (χ1) is 10.1. The normalized spacial score (nSPS) is 17.5. The number of halogens is 1. The molecule has 21 heavy (non-hydrogen) atoms. The van der Waals surface area contributed by atoms with Crippen molar-refractivity contribution in [1.82, 2.24) is 4.90 Å². The first-order valence-electron chi connectivity index (χ1n) is 6.75. The third kappa shape index (κ3) is 2.52. The van der Waals surface area contributed by atoms with Gasteiger partial charge in [-0.1, -0.05) is 11.6 Å². The van der Waals surface area contributed by atoms with E-state index in [2.05, 4.69) is 23.8 Å². The molecule has 1 aromatic heterocycles. The van der Waals surface area contributed by atoms with Gasteiger partial charge in [0.2, 0.25) is 0 Å². The Kier molecular flexibility index (Phi) is 3.89. The molecule has 1 aliphatic heterocycles. The Hall–Kier alpha value is -1.56. The van der Waals surface area contributed by atoms with Crippen LogP contribution in [0.1, 0.15) is 33.8 Å². The molecule has 1 aromatic carbocycles. The summed E-state index contributed by atoms with van der Waals surface area (Å²) in [5.74, 6) is 5.45. The molecule has 2 aromatic rings. The van der Waals surface area contributed by atoms with Crippen molar-refractivity contribution in [2.24, 2.45) is 5.84 Å². The topological polar surface area (TPSA) is 58.4 Å². The minimum Gasteiger partial charge on any atom is -0.331 e. The van der Waals surface area contributed by atoms with E-state index in [1.54, 1.807) is 29.5 Å². The Morgan fingerprint density at radius 2 is 2.29 bits per heavy atom. The Balaban J connectivity index is 1.95. The predicted octanol–water partition coefficient (Wildman–Crippen LogP) is 3.45.